The predicted octanol–water partition coefficient (Wildman–Crippen LogP) is 4.08. The third-order valence-corrected chi connectivity index (χ3v) is 8.74. The van der Waals surface area contributed by atoms with Crippen LogP contribution in [0.25, 0.3) is 11.0 Å². The molecule has 4 aromatic rings. The van der Waals surface area contributed by atoms with Gasteiger partial charge in [0.15, 0.2) is 5.65 Å². The maximum Gasteiger partial charge on any atom is 0.260 e. The summed E-state index contributed by atoms with van der Waals surface area (Å²) in [5, 5.41) is 9.12. The van der Waals surface area contributed by atoms with E-state index in [4.69, 9.17) is 20.2 Å². The normalized spacial score (nSPS) is 16.8. The molecule has 6 rings (SSSR count). The van der Waals surface area contributed by atoms with Crippen LogP contribution in [0.1, 0.15) is 22.5 Å². The van der Waals surface area contributed by atoms with E-state index in [1.807, 2.05) is 12.1 Å². The van der Waals surface area contributed by atoms with Gasteiger partial charge in [0.05, 0.1) is 37.1 Å². The van der Waals surface area contributed by atoms with E-state index in [1.54, 1.807) is 28.7 Å². The summed E-state index contributed by atoms with van der Waals surface area (Å²) in [6, 6.07) is 10.4. The molecule has 0 unspecified atom stereocenters. The number of thiol groups is 1. The molecule has 4 N–H and O–H groups in total. The third kappa shape index (κ3) is 5.42. The smallest absolute Gasteiger partial charge is 0.260 e. The Morgan fingerprint density at radius 3 is 2.65 bits per heavy atom. The van der Waals surface area contributed by atoms with Crippen LogP contribution in [0.15, 0.2) is 41.9 Å². The van der Waals surface area contributed by atoms with Gasteiger partial charge in [-0.05, 0) is 42.5 Å². The lowest BCUT2D eigenvalue weighted by Gasteiger charge is -2.40. The molecule has 0 aliphatic carbocycles. The number of carbonyl (C=O) groups excluding carboxylic acids is 1. The SMILES string of the molecule is COc1cc(N2CCC(N3CCOCC3)CC2)ccc1Nc1nc(Nc2ccsc2C(N)=O)c2ccn(S)c2n1. The number of primary amides is 1. The number of morpholine rings is 1. The van der Waals surface area contributed by atoms with Gasteiger partial charge in [0, 0.05) is 50.2 Å². The zero-order chi connectivity index (χ0) is 27.6. The van der Waals surface area contributed by atoms with E-state index < -0.39 is 5.91 Å². The average molecular weight is 581 g/mol. The molecule has 2 fully saturated rings. The largest absolute Gasteiger partial charge is 0.494 e. The van der Waals surface area contributed by atoms with Crippen molar-refractivity contribution in [2.75, 3.05) is 62.0 Å². The highest BCUT2D eigenvalue weighted by Gasteiger charge is 2.26. The molecule has 0 spiro atoms. The molecule has 1 amide bonds. The molecule has 2 saturated heterocycles. The first kappa shape index (κ1) is 26.7. The summed E-state index contributed by atoms with van der Waals surface area (Å²) in [4.78, 5) is 26.7. The number of ether oxygens (including phenoxy) is 2. The maximum absolute atomic E-state index is 11.9. The number of piperidine rings is 1. The van der Waals surface area contributed by atoms with Crippen molar-refractivity contribution in [3.8, 4) is 5.75 Å². The molecule has 5 heterocycles. The van der Waals surface area contributed by atoms with Gasteiger partial charge < -0.3 is 30.7 Å². The number of hydrogen-bond acceptors (Lipinski definition) is 11. The van der Waals surface area contributed by atoms with Crippen molar-refractivity contribution in [2.24, 2.45) is 5.73 Å². The summed E-state index contributed by atoms with van der Waals surface area (Å²) in [7, 11) is 1.66. The summed E-state index contributed by atoms with van der Waals surface area (Å²) < 4.78 is 12.9. The van der Waals surface area contributed by atoms with Crippen molar-refractivity contribution in [1.82, 2.24) is 18.8 Å². The molecule has 2 aliphatic heterocycles. The quantitative estimate of drug-likeness (QED) is 0.228. The van der Waals surface area contributed by atoms with Crippen LogP contribution >= 0.6 is 24.2 Å². The molecule has 2 aliphatic rings. The minimum atomic E-state index is -0.497. The molecule has 0 saturated carbocycles. The Labute approximate surface area is 241 Å². The maximum atomic E-state index is 11.9. The van der Waals surface area contributed by atoms with Gasteiger partial charge in [0.25, 0.3) is 5.91 Å². The standard InChI is InChI=1S/C27H32N8O3S2/c1-37-22-16-18(33-8-4-17(5-9-33)34-11-13-38-14-12-34)2-3-20(22)30-27-31-25(19-6-10-35(39)26(19)32-27)29-21-7-15-40-23(21)24(28)36/h2-3,6-7,10,15-17,39H,4-5,8-9,11-14H2,1H3,(H2,28,36)(H2,29,30,31,32). The number of amides is 1. The first-order valence-electron chi connectivity index (χ1n) is 13.2. The van der Waals surface area contributed by atoms with Crippen LogP contribution in [-0.4, -0.2) is 77.3 Å². The van der Waals surface area contributed by atoms with Gasteiger partial charge in [0.2, 0.25) is 5.95 Å². The van der Waals surface area contributed by atoms with Gasteiger partial charge >= 0.3 is 0 Å². The molecular weight excluding hydrogens is 548 g/mol. The molecule has 0 atom stereocenters. The number of methoxy groups -OCH3 is 1. The molecule has 13 heteroatoms. The number of thiophene rings is 1. The van der Waals surface area contributed by atoms with E-state index in [0.717, 1.165) is 69.0 Å². The number of hydrogen-bond donors (Lipinski definition) is 4. The molecule has 0 radical (unpaired) electrons. The second-order valence-electron chi connectivity index (χ2n) is 9.82. The van der Waals surface area contributed by atoms with Crippen LogP contribution in [-0.2, 0) is 4.74 Å². The Kier molecular flexibility index (Phi) is 7.69. The summed E-state index contributed by atoms with van der Waals surface area (Å²) in [6.45, 7) is 5.73. The average Bonchev–Trinajstić information content (AvgIpc) is 3.60. The van der Waals surface area contributed by atoms with Gasteiger partial charge in [-0.3, -0.25) is 13.7 Å². The van der Waals surface area contributed by atoms with E-state index in [2.05, 4.69) is 50.4 Å². The van der Waals surface area contributed by atoms with Crippen LogP contribution in [0, 0.1) is 0 Å². The zero-order valence-corrected chi connectivity index (χ0v) is 23.9. The molecule has 40 heavy (non-hydrogen) atoms. The summed E-state index contributed by atoms with van der Waals surface area (Å²) in [6.07, 6.45) is 4.06. The molecule has 0 bridgehead atoms. The monoisotopic (exact) mass is 580 g/mol. The number of aromatic nitrogens is 3. The van der Waals surface area contributed by atoms with Gasteiger partial charge in [0.1, 0.15) is 16.4 Å². The van der Waals surface area contributed by atoms with Crippen LogP contribution < -0.4 is 26.0 Å². The van der Waals surface area contributed by atoms with Crippen molar-refractivity contribution in [3.05, 3.63) is 46.8 Å². The minimum Gasteiger partial charge on any atom is -0.494 e. The van der Waals surface area contributed by atoms with Crippen LogP contribution in [0.3, 0.4) is 0 Å². The fourth-order valence-electron chi connectivity index (χ4n) is 5.41. The van der Waals surface area contributed by atoms with Gasteiger partial charge in [-0.15, -0.1) is 11.3 Å². The topological polar surface area (TPSA) is 123 Å². The second-order valence-corrected chi connectivity index (χ2v) is 11.2. The fourth-order valence-corrected chi connectivity index (χ4v) is 6.33. The number of benzene rings is 1. The van der Waals surface area contributed by atoms with Crippen LogP contribution in [0.2, 0.25) is 0 Å². The van der Waals surface area contributed by atoms with Gasteiger partial charge in [-0.2, -0.15) is 9.97 Å². The lowest BCUT2D eigenvalue weighted by Crippen LogP contribution is -2.49. The zero-order valence-electron chi connectivity index (χ0n) is 22.2. The summed E-state index contributed by atoms with van der Waals surface area (Å²) >= 11 is 5.77. The molecule has 1 aromatic carbocycles. The Morgan fingerprint density at radius 1 is 1.10 bits per heavy atom. The highest BCUT2D eigenvalue weighted by atomic mass is 32.1. The predicted molar refractivity (Wildman–Crippen MR) is 162 cm³/mol. The lowest BCUT2D eigenvalue weighted by atomic mass is 10.0. The third-order valence-electron chi connectivity index (χ3n) is 7.49. The Balaban J connectivity index is 1.22. The van der Waals surface area contributed by atoms with Crippen molar-refractivity contribution in [1.29, 1.82) is 0 Å². The van der Waals surface area contributed by atoms with E-state index in [0.29, 0.717) is 39.8 Å². The number of rotatable bonds is 8. The van der Waals surface area contributed by atoms with E-state index in [9.17, 15) is 4.79 Å². The number of nitrogens with one attached hydrogen (secondary N) is 2. The first-order chi connectivity index (χ1) is 19.5. The van der Waals surface area contributed by atoms with Gasteiger partial charge in [-0.1, -0.05) is 12.8 Å². The summed E-state index contributed by atoms with van der Waals surface area (Å²) in [5.41, 5.74) is 8.62. The van der Waals surface area contributed by atoms with Crippen LogP contribution in [0.5, 0.6) is 5.75 Å². The molecule has 11 nitrogen and oxygen atoms in total. The number of anilines is 5. The Hall–Kier alpha value is -3.52. The Bertz CT molecular complexity index is 1510. The van der Waals surface area contributed by atoms with Crippen molar-refractivity contribution >= 4 is 69.9 Å². The van der Waals surface area contributed by atoms with Crippen molar-refractivity contribution in [2.45, 2.75) is 18.9 Å². The number of nitrogens with two attached hydrogens (primary N) is 1. The van der Waals surface area contributed by atoms with E-state index >= 15 is 0 Å². The lowest BCUT2D eigenvalue weighted by molar-refractivity contribution is 0.0115. The van der Waals surface area contributed by atoms with Crippen molar-refractivity contribution in [3.63, 3.8) is 0 Å². The molecule has 3 aromatic heterocycles. The van der Waals surface area contributed by atoms with E-state index in [-0.39, 0.29) is 0 Å². The summed E-state index contributed by atoms with van der Waals surface area (Å²) in [5.74, 6) is 1.08. The fraction of sp³-hybridized carbons (Fsp3) is 0.370. The van der Waals surface area contributed by atoms with E-state index in [1.165, 1.54) is 11.3 Å². The molecular formula is C27H32N8O3S2. The first-order valence-corrected chi connectivity index (χ1v) is 14.5. The molecule has 210 valence electrons. The minimum absolute atomic E-state index is 0.359. The van der Waals surface area contributed by atoms with Gasteiger partial charge in [-0.25, -0.2) is 0 Å². The second kappa shape index (κ2) is 11.5. The highest BCUT2D eigenvalue weighted by Crippen LogP contribution is 2.35. The number of nitrogens with zero attached hydrogens (tertiary/aromatic N) is 5. The number of carbonyl (C=O) groups is 1. The van der Waals surface area contributed by atoms with Crippen molar-refractivity contribution < 1.29 is 14.3 Å². The highest BCUT2D eigenvalue weighted by molar-refractivity contribution is 7.78. The number of fused-ring (bicyclic) bond motifs is 1. The Morgan fingerprint density at radius 2 is 1.90 bits per heavy atom. The van der Waals surface area contributed by atoms with Crippen LogP contribution in [0.4, 0.5) is 28.8 Å².